The molecule has 8 heteroatoms. The van der Waals surface area contributed by atoms with Gasteiger partial charge in [0.05, 0.1) is 19.8 Å². The quantitative estimate of drug-likeness (QED) is 0.813. The lowest BCUT2D eigenvalue weighted by Crippen LogP contribution is -2.37. The molecule has 2 aromatic rings. The number of nitrogens with one attached hydrogen (secondary N) is 1. The van der Waals surface area contributed by atoms with Gasteiger partial charge in [0.2, 0.25) is 0 Å². The summed E-state index contributed by atoms with van der Waals surface area (Å²) >= 11 is 0. The number of morpholine rings is 1. The van der Waals surface area contributed by atoms with E-state index in [0.29, 0.717) is 49.1 Å². The number of furan rings is 1. The second-order valence-electron chi connectivity index (χ2n) is 5.27. The van der Waals surface area contributed by atoms with E-state index in [2.05, 4.69) is 20.2 Å². The lowest BCUT2D eigenvalue weighted by atomic mass is 10.3. The second-order valence-corrected chi connectivity index (χ2v) is 5.27. The van der Waals surface area contributed by atoms with Crippen molar-refractivity contribution in [1.82, 2.24) is 15.3 Å². The van der Waals surface area contributed by atoms with Crippen LogP contribution in [-0.4, -0.2) is 62.4 Å². The van der Waals surface area contributed by atoms with Gasteiger partial charge < -0.3 is 24.1 Å². The van der Waals surface area contributed by atoms with Gasteiger partial charge in [0, 0.05) is 32.8 Å². The first kappa shape index (κ1) is 15.7. The van der Waals surface area contributed by atoms with Crippen LogP contribution in [0, 0.1) is 6.92 Å². The molecule has 0 radical (unpaired) electrons. The fourth-order valence-corrected chi connectivity index (χ4v) is 2.48. The Morgan fingerprint density at radius 2 is 2.17 bits per heavy atom. The monoisotopic (exact) mass is 320 g/mol. The van der Waals surface area contributed by atoms with Gasteiger partial charge in [0.25, 0.3) is 5.91 Å². The fraction of sp³-hybridized carbons (Fsp3) is 0.533. The molecule has 3 heterocycles. The number of aromatic nitrogens is 2. The molecule has 8 nitrogen and oxygen atoms in total. The first-order chi connectivity index (χ1) is 11.2. The van der Waals surface area contributed by atoms with Crippen molar-refractivity contribution in [2.24, 2.45) is 0 Å². The van der Waals surface area contributed by atoms with Crippen molar-refractivity contribution in [2.75, 3.05) is 51.5 Å². The van der Waals surface area contributed by atoms with Crippen molar-refractivity contribution >= 4 is 22.8 Å². The number of rotatable bonds is 5. The highest BCUT2D eigenvalue weighted by atomic mass is 16.5. The van der Waals surface area contributed by atoms with Crippen molar-refractivity contribution in [3.8, 4) is 0 Å². The maximum atomic E-state index is 12.1. The molecule has 0 aliphatic carbocycles. The summed E-state index contributed by atoms with van der Waals surface area (Å²) in [5, 5.41) is 2.73. The van der Waals surface area contributed by atoms with Crippen LogP contribution < -0.4 is 10.2 Å². The minimum Gasteiger partial charge on any atom is -0.445 e. The summed E-state index contributed by atoms with van der Waals surface area (Å²) in [5.74, 6) is 1.30. The molecule has 0 aromatic carbocycles. The van der Waals surface area contributed by atoms with Crippen molar-refractivity contribution in [3.63, 3.8) is 0 Å². The Hall–Kier alpha value is -2.19. The zero-order valence-electron chi connectivity index (χ0n) is 13.3. The van der Waals surface area contributed by atoms with Crippen molar-refractivity contribution in [3.05, 3.63) is 17.7 Å². The van der Waals surface area contributed by atoms with Crippen LogP contribution in [0.3, 0.4) is 0 Å². The van der Waals surface area contributed by atoms with Crippen LogP contribution in [0.15, 0.2) is 10.5 Å². The Kier molecular flexibility index (Phi) is 4.73. The predicted octanol–water partition coefficient (Wildman–Crippen LogP) is 0.744. The SMILES string of the molecule is COCCNC(=O)c1cc2nc(C)nc(N3CCOCC3)c2o1. The molecule has 23 heavy (non-hydrogen) atoms. The highest BCUT2D eigenvalue weighted by molar-refractivity contribution is 5.97. The number of hydrogen-bond donors (Lipinski definition) is 1. The van der Waals surface area contributed by atoms with E-state index in [0.717, 1.165) is 13.1 Å². The van der Waals surface area contributed by atoms with Gasteiger partial charge >= 0.3 is 0 Å². The van der Waals surface area contributed by atoms with E-state index in [1.807, 2.05) is 6.92 Å². The molecule has 1 aliphatic rings. The minimum atomic E-state index is -0.286. The highest BCUT2D eigenvalue weighted by Gasteiger charge is 2.21. The summed E-state index contributed by atoms with van der Waals surface area (Å²) in [7, 11) is 1.58. The number of carbonyl (C=O) groups excluding carboxylic acids is 1. The van der Waals surface area contributed by atoms with Crippen molar-refractivity contribution < 1.29 is 18.7 Å². The van der Waals surface area contributed by atoms with Gasteiger partial charge in [-0.05, 0) is 6.92 Å². The molecule has 0 spiro atoms. The van der Waals surface area contributed by atoms with Crippen LogP contribution in [0.1, 0.15) is 16.4 Å². The van der Waals surface area contributed by atoms with Gasteiger partial charge in [0.15, 0.2) is 17.2 Å². The molecule has 0 atom stereocenters. The highest BCUT2D eigenvalue weighted by Crippen LogP contribution is 2.27. The molecule has 1 fully saturated rings. The van der Waals surface area contributed by atoms with Gasteiger partial charge in [-0.3, -0.25) is 4.79 Å². The maximum absolute atomic E-state index is 12.1. The van der Waals surface area contributed by atoms with Gasteiger partial charge in [-0.25, -0.2) is 9.97 Å². The predicted molar refractivity (Wildman–Crippen MR) is 83.8 cm³/mol. The Balaban J connectivity index is 1.90. The van der Waals surface area contributed by atoms with Gasteiger partial charge in [0.1, 0.15) is 11.3 Å². The zero-order chi connectivity index (χ0) is 16.2. The number of methoxy groups -OCH3 is 1. The number of fused-ring (bicyclic) bond motifs is 1. The van der Waals surface area contributed by atoms with Crippen LogP contribution in [0.2, 0.25) is 0 Å². The van der Waals surface area contributed by atoms with Crippen LogP contribution in [0.5, 0.6) is 0 Å². The van der Waals surface area contributed by atoms with E-state index >= 15 is 0 Å². The van der Waals surface area contributed by atoms with E-state index in [1.54, 1.807) is 13.2 Å². The van der Waals surface area contributed by atoms with Crippen LogP contribution in [0.4, 0.5) is 5.82 Å². The lowest BCUT2D eigenvalue weighted by molar-refractivity contribution is 0.0911. The number of aryl methyl sites for hydroxylation is 1. The van der Waals surface area contributed by atoms with Crippen LogP contribution in [0.25, 0.3) is 11.1 Å². The van der Waals surface area contributed by atoms with Gasteiger partial charge in [-0.1, -0.05) is 0 Å². The Labute approximate surface area is 133 Å². The number of ether oxygens (including phenoxy) is 2. The zero-order valence-corrected chi connectivity index (χ0v) is 13.3. The molecular weight excluding hydrogens is 300 g/mol. The van der Waals surface area contributed by atoms with E-state index in [4.69, 9.17) is 13.9 Å². The normalized spacial score (nSPS) is 15.1. The summed E-state index contributed by atoms with van der Waals surface area (Å²) in [4.78, 5) is 23.1. The maximum Gasteiger partial charge on any atom is 0.287 e. The van der Waals surface area contributed by atoms with Crippen molar-refractivity contribution in [1.29, 1.82) is 0 Å². The number of hydrogen-bond acceptors (Lipinski definition) is 7. The molecule has 1 N–H and O–H groups in total. The molecule has 0 bridgehead atoms. The smallest absolute Gasteiger partial charge is 0.287 e. The Bertz CT molecular complexity index is 694. The summed E-state index contributed by atoms with van der Waals surface area (Å²) in [5.41, 5.74) is 1.17. The lowest BCUT2D eigenvalue weighted by Gasteiger charge is -2.27. The van der Waals surface area contributed by atoms with Gasteiger partial charge in [-0.2, -0.15) is 0 Å². The molecule has 2 aromatic heterocycles. The van der Waals surface area contributed by atoms with E-state index in [9.17, 15) is 4.79 Å². The Morgan fingerprint density at radius 3 is 2.91 bits per heavy atom. The fourth-order valence-electron chi connectivity index (χ4n) is 2.48. The molecule has 1 amide bonds. The second kappa shape index (κ2) is 6.93. The largest absolute Gasteiger partial charge is 0.445 e. The third-order valence-electron chi connectivity index (χ3n) is 3.59. The molecule has 1 saturated heterocycles. The standard InChI is InChI=1S/C15H20N4O4/c1-10-17-11-9-12(15(20)16-3-6-21-2)23-13(11)14(18-10)19-4-7-22-8-5-19/h9H,3-8H2,1-2H3,(H,16,20). The summed E-state index contributed by atoms with van der Waals surface area (Å²) in [6.07, 6.45) is 0. The molecule has 124 valence electrons. The third-order valence-corrected chi connectivity index (χ3v) is 3.59. The Morgan fingerprint density at radius 1 is 1.39 bits per heavy atom. The average Bonchev–Trinajstić information content (AvgIpc) is 2.99. The summed E-state index contributed by atoms with van der Waals surface area (Å²) in [6.45, 7) is 5.47. The minimum absolute atomic E-state index is 0.227. The van der Waals surface area contributed by atoms with Gasteiger partial charge in [-0.15, -0.1) is 0 Å². The van der Waals surface area contributed by atoms with E-state index < -0.39 is 0 Å². The number of amides is 1. The van der Waals surface area contributed by atoms with Crippen LogP contribution >= 0.6 is 0 Å². The summed E-state index contributed by atoms with van der Waals surface area (Å²) in [6, 6.07) is 1.65. The first-order valence-corrected chi connectivity index (χ1v) is 7.57. The molecule has 0 saturated carbocycles. The third kappa shape index (κ3) is 3.43. The first-order valence-electron chi connectivity index (χ1n) is 7.57. The molecule has 1 aliphatic heterocycles. The van der Waals surface area contributed by atoms with Crippen LogP contribution in [-0.2, 0) is 9.47 Å². The van der Waals surface area contributed by atoms with Crippen molar-refractivity contribution in [2.45, 2.75) is 6.92 Å². The average molecular weight is 320 g/mol. The number of carbonyl (C=O) groups is 1. The van der Waals surface area contributed by atoms with E-state index in [-0.39, 0.29) is 11.7 Å². The summed E-state index contributed by atoms with van der Waals surface area (Å²) < 4.78 is 16.0. The molecular formula is C15H20N4O4. The number of nitrogens with zero attached hydrogens (tertiary/aromatic N) is 3. The number of anilines is 1. The molecule has 0 unspecified atom stereocenters. The topological polar surface area (TPSA) is 89.7 Å². The van der Waals surface area contributed by atoms with E-state index in [1.165, 1.54) is 0 Å². The molecule has 3 rings (SSSR count).